The zero-order valence-electron chi connectivity index (χ0n) is 14.2. The Kier molecular flexibility index (Phi) is 4.48. The predicted molar refractivity (Wildman–Crippen MR) is 103 cm³/mol. The minimum Gasteiger partial charge on any atom is -0.342 e. The standard InChI is InChI=1S/C22H19N3O/c26-22(17-11-5-2-6-12-17)25-20(15-16-9-3-1-4-10-16)21-23-18-13-7-8-14-19(18)24-21/h1-14,20H,15H2,(H,23,24)(H,25,26). The molecule has 1 atom stereocenters. The molecule has 1 amide bonds. The van der Waals surface area contributed by atoms with E-state index >= 15 is 0 Å². The van der Waals surface area contributed by atoms with Crippen molar-refractivity contribution in [1.82, 2.24) is 15.3 Å². The SMILES string of the molecule is O=C(NC(Cc1ccccc1)c1nc2ccccc2[nH]1)c1ccccc1. The number of imidazole rings is 1. The average molecular weight is 341 g/mol. The van der Waals surface area contributed by atoms with Gasteiger partial charge in [-0.1, -0.05) is 60.7 Å². The lowest BCUT2D eigenvalue weighted by Crippen LogP contribution is -2.30. The van der Waals surface area contributed by atoms with Gasteiger partial charge in [-0.15, -0.1) is 0 Å². The van der Waals surface area contributed by atoms with Gasteiger partial charge in [0.2, 0.25) is 0 Å². The van der Waals surface area contributed by atoms with Crippen LogP contribution in [0.5, 0.6) is 0 Å². The highest BCUT2D eigenvalue weighted by Gasteiger charge is 2.19. The van der Waals surface area contributed by atoms with Crippen LogP contribution in [0, 0.1) is 0 Å². The molecule has 4 rings (SSSR count). The molecule has 128 valence electrons. The van der Waals surface area contributed by atoms with E-state index in [1.54, 1.807) is 0 Å². The number of nitrogens with one attached hydrogen (secondary N) is 2. The van der Waals surface area contributed by atoms with Crippen LogP contribution in [0.2, 0.25) is 0 Å². The third-order valence-corrected chi connectivity index (χ3v) is 4.36. The molecule has 2 N–H and O–H groups in total. The highest BCUT2D eigenvalue weighted by molar-refractivity contribution is 5.94. The first-order valence-corrected chi connectivity index (χ1v) is 8.64. The molecule has 26 heavy (non-hydrogen) atoms. The summed E-state index contributed by atoms with van der Waals surface area (Å²) in [4.78, 5) is 20.7. The Balaban J connectivity index is 1.65. The molecule has 4 nitrogen and oxygen atoms in total. The van der Waals surface area contributed by atoms with E-state index < -0.39 is 0 Å². The number of para-hydroxylation sites is 2. The van der Waals surface area contributed by atoms with Gasteiger partial charge in [-0.25, -0.2) is 4.98 Å². The normalized spacial score (nSPS) is 12.0. The molecule has 0 saturated carbocycles. The monoisotopic (exact) mass is 341 g/mol. The maximum Gasteiger partial charge on any atom is 0.251 e. The lowest BCUT2D eigenvalue weighted by Gasteiger charge is -2.17. The molecular weight excluding hydrogens is 322 g/mol. The average Bonchev–Trinajstić information content (AvgIpc) is 3.13. The molecule has 0 aliphatic carbocycles. The maximum absolute atomic E-state index is 12.7. The molecule has 0 bridgehead atoms. The molecule has 3 aromatic carbocycles. The first-order valence-electron chi connectivity index (χ1n) is 8.64. The summed E-state index contributed by atoms with van der Waals surface area (Å²) < 4.78 is 0. The van der Waals surface area contributed by atoms with Crippen molar-refractivity contribution in [2.45, 2.75) is 12.5 Å². The smallest absolute Gasteiger partial charge is 0.251 e. The number of nitrogens with zero attached hydrogens (tertiary/aromatic N) is 1. The molecule has 1 heterocycles. The van der Waals surface area contributed by atoms with E-state index in [1.807, 2.05) is 72.8 Å². The minimum atomic E-state index is -0.238. The van der Waals surface area contributed by atoms with Gasteiger partial charge in [0.25, 0.3) is 5.91 Å². The first-order chi connectivity index (χ1) is 12.8. The molecule has 0 aliphatic heterocycles. The fourth-order valence-corrected chi connectivity index (χ4v) is 3.03. The molecule has 4 heteroatoms. The number of hydrogen-bond donors (Lipinski definition) is 2. The van der Waals surface area contributed by atoms with Crippen molar-refractivity contribution in [3.63, 3.8) is 0 Å². The van der Waals surface area contributed by atoms with E-state index in [4.69, 9.17) is 0 Å². The summed E-state index contributed by atoms with van der Waals surface area (Å²) >= 11 is 0. The summed E-state index contributed by atoms with van der Waals surface area (Å²) in [7, 11) is 0. The number of fused-ring (bicyclic) bond motifs is 1. The molecule has 0 aliphatic rings. The Hall–Kier alpha value is -3.40. The highest BCUT2D eigenvalue weighted by Crippen LogP contribution is 2.20. The van der Waals surface area contributed by atoms with Crippen molar-refractivity contribution in [2.75, 3.05) is 0 Å². The largest absolute Gasteiger partial charge is 0.342 e. The number of H-pyrrole nitrogens is 1. The highest BCUT2D eigenvalue weighted by atomic mass is 16.1. The van der Waals surface area contributed by atoms with Gasteiger partial charge in [0.1, 0.15) is 5.82 Å². The Morgan fingerprint density at radius 3 is 2.27 bits per heavy atom. The molecular formula is C22H19N3O. The topological polar surface area (TPSA) is 57.8 Å². The van der Waals surface area contributed by atoms with Crippen LogP contribution in [-0.4, -0.2) is 15.9 Å². The van der Waals surface area contributed by atoms with E-state index in [2.05, 4.69) is 27.4 Å². The van der Waals surface area contributed by atoms with Gasteiger partial charge in [0.05, 0.1) is 17.1 Å². The van der Waals surface area contributed by atoms with Crippen LogP contribution < -0.4 is 5.32 Å². The number of carbonyl (C=O) groups is 1. The van der Waals surface area contributed by atoms with Gasteiger partial charge in [-0.05, 0) is 36.2 Å². The fraction of sp³-hybridized carbons (Fsp3) is 0.0909. The zero-order valence-corrected chi connectivity index (χ0v) is 14.2. The number of benzene rings is 3. The van der Waals surface area contributed by atoms with Crippen LogP contribution in [0.4, 0.5) is 0 Å². The number of rotatable bonds is 5. The summed E-state index contributed by atoms with van der Waals surface area (Å²) in [6.07, 6.45) is 0.666. The molecule has 0 saturated heterocycles. The molecule has 0 fully saturated rings. The number of amides is 1. The molecule has 0 radical (unpaired) electrons. The van der Waals surface area contributed by atoms with Crippen LogP contribution in [0.15, 0.2) is 84.9 Å². The number of aromatic amines is 1. The van der Waals surface area contributed by atoms with Crippen molar-refractivity contribution in [3.8, 4) is 0 Å². The van der Waals surface area contributed by atoms with Gasteiger partial charge < -0.3 is 10.3 Å². The minimum absolute atomic E-state index is 0.105. The van der Waals surface area contributed by atoms with Crippen molar-refractivity contribution in [2.24, 2.45) is 0 Å². The fourth-order valence-electron chi connectivity index (χ4n) is 3.03. The van der Waals surface area contributed by atoms with Gasteiger partial charge in [-0.3, -0.25) is 4.79 Å². The van der Waals surface area contributed by atoms with Crippen molar-refractivity contribution in [1.29, 1.82) is 0 Å². The van der Waals surface area contributed by atoms with E-state index in [1.165, 1.54) is 0 Å². The van der Waals surface area contributed by atoms with Crippen LogP contribution in [0.3, 0.4) is 0 Å². The zero-order chi connectivity index (χ0) is 17.8. The molecule has 4 aromatic rings. The lowest BCUT2D eigenvalue weighted by molar-refractivity contribution is 0.0935. The summed E-state index contributed by atoms with van der Waals surface area (Å²) in [5.74, 6) is 0.659. The summed E-state index contributed by atoms with van der Waals surface area (Å²) in [6.45, 7) is 0. The second-order valence-corrected chi connectivity index (χ2v) is 6.22. The summed E-state index contributed by atoms with van der Waals surface area (Å²) in [5.41, 5.74) is 3.65. The Labute approximate surface area is 151 Å². The van der Waals surface area contributed by atoms with E-state index in [0.29, 0.717) is 12.0 Å². The first kappa shape index (κ1) is 16.1. The van der Waals surface area contributed by atoms with E-state index in [9.17, 15) is 4.79 Å². The lowest BCUT2D eigenvalue weighted by atomic mass is 10.0. The van der Waals surface area contributed by atoms with Crippen molar-refractivity contribution in [3.05, 3.63) is 102 Å². The van der Waals surface area contributed by atoms with Gasteiger partial charge >= 0.3 is 0 Å². The Bertz CT molecular complexity index is 976. The third kappa shape index (κ3) is 3.49. The summed E-state index contributed by atoms with van der Waals surface area (Å²) in [6, 6.07) is 27.0. The van der Waals surface area contributed by atoms with Gasteiger partial charge in [-0.2, -0.15) is 0 Å². The molecule has 1 aromatic heterocycles. The van der Waals surface area contributed by atoms with Crippen LogP contribution in [0.25, 0.3) is 11.0 Å². The van der Waals surface area contributed by atoms with E-state index in [-0.39, 0.29) is 11.9 Å². The number of carbonyl (C=O) groups excluding carboxylic acids is 1. The Morgan fingerprint density at radius 2 is 1.54 bits per heavy atom. The number of hydrogen-bond acceptors (Lipinski definition) is 2. The van der Waals surface area contributed by atoms with Crippen molar-refractivity contribution >= 4 is 16.9 Å². The molecule has 0 spiro atoms. The number of aromatic nitrogens is 2. The van der Waals surface area contributed by atoms with Gasteiger partial charge in [0.15, 0.2) is 0 Å². The molecule has 1 unspecified atom stereocenters. The maximum atomic E-state index is 12.7. The third-order valence-electron chi connectivity index (χ3n) is 4.36. The second-order valence-electron chi connectivity index (χ2n) is 6.22. The van der Waals surface area contributed by atoms with Crippen LogP contribution in [-0.2, 0) is 6.42 Å². The predicted octanol–water partition coefficient (Wildman–Crippen LogP) is 4.28. The second kappa shape index (κ2) is 7.23. The van der Waals surface area contributed by atoms with Gasteiger partial charge in [0, 0.05) is 5.56 Å². The van der Waals surface area contributed by atoms with Crippen LogP contribution >= 0.6 is 0 Å². The van der Waals surface area contributed by atoms with Crippen molar-refractivity contribution < 1.29 is 4.79 Å². The quantitative estimate of drug-likeness (QED) is 0.569. The van der Waals surface area contributed by atoms with E-state index in [0.717, 1.165) is 22.4 Å². The van der Waals surface area contributed by atoms with Crippen LogP contribution in [0.1, 0.15) is 27.8 Å². The summed E-state index contributed by atoms with van der Waals surface area (Å²) in [5, 5.41) is 3.13. The Morgan fingerprint density at radius 1 is 0.885 bits per heavy atom.